The van der Waals surface area contributed by atoms with E-state index < -0.39 is 5.60 Å². The number of Topliss-reactive ketones (excluding diaryl/α,β-unsaturated/α-hetero) is 1. The summed E-state index contributed by atoms with van der Waals surface area (Å²) in [4.78, 5) is 12.8. The van der Waals surface area contributed by atoms with E-state index in [9.17, 15) is 9.90 Å². The van der Waals surface area contributed by atoms with Gasteiger partial charge in [-0.25, -0.2) is 0 Å². The molecule has 20 heavy (non-hydrogen) atoms. The van der Waals surface area contributed by atoms with Gasteiger partial charge in [0.15, 0.2) is 11.4 Å². The molecule has 0 aromatic heterocycles. The minimum absolute atomic E-state index is 0.0879. The molecule has 0 bridgehead atoms. The van der Waals surface area contributed by atoms with Gasteiger partial charge in [0.25, 0.3) is 0 Å². The molecule has 0 aromatic rings. The molecule has 1 aliphatic heterocycles. The van der Waals surface area contributed by atoms with Gasteiger partial charge >= 0.3 is 0 Å². The van der Waals surface area contributed by atoms with Crippen molar-refractivity contribution >= 4 is 5.78 Å². The Labute approximate surface area is 122 Å². The van der Waals surface area contributed by atoms with Crippen molar-refractivity contribution < 1.29 is 14.6 Å². The van der Waals surface area contributed by atoms with Gasteiger partial charge in [-0.15, -0.1) is 0 Å². The van der Waals surface area contributed by atoms with Crippen LogP contribution < -0.4 is 5.32 Å². The molecule has 0 spiro atoms. The van der Waals surface area contributed by atoms with Crippen LogP contribution in [-0.2, 0) is 9.53 Å². The number of hydrogen-bond donors (Lipinski definition) is 2. The van der Waals surface area contributed by atoms with Gasteiger partial charge in [-0.3, -0.25) is 4.79 Å². The summed E-state index contributed by atoms with van der Waals surface area (Å²) in [7, 11) is 1.90. The lowest BCUT2D eigenvalue weighted by atomic mass is 9.72. The molecule has 4 heteroatoms. The predicted molar refractivity (Wildman–Crippen MR) is 78.6 cm³/mol. The third kappa shape index (κ3) is 3.23. The number of hydrogen-bond acceptors (Lipinski definition) is 4. The van der Waals surface area contributed by atoms with Crippen molar-refractivity contribution in [2.45, 2.75) is 63.5 Å². The zero-order valence-electron chi connectivity index (χ0n) is 13.1. The third-order valence-corrected chi connectivity index (χ3v) is 5.32. The highest BCUT2D eigenvalue weighted by molar-refractivity contribution is 5.92. The van der Waals surface area contributed by atoms with Crippen LogP contribution in [0.25, 0.3) is 0 Å². The fourth-order valence-corrected chi connectivity index (χ4v) is 3.38. The van der Waals surface area contributed by atoms with Gasteiger partial charge in [-0.1, -0.05) is 32.1 Å². The fourth-order valence-electron chi connectivity index (χ4n) is 3.38. The maximum Gasteiger partial charge on any atom is 0.174 e. The van der Waals surface area contributed by atoms with Crippen LogP contribution in [0.4, 0.5) is 0 Å². The first-order chi connectivity index (χ1) is 9.45. The molecule has 0 amide bonds. The minimum Gasteiger partial charge on any atom is -0.393 e. The molecule has 1 heterocycles. The van der Waals surface area contributed by atoms with Crippen LogP contribution in [0.3, 0.4) is 0 Å². The molecule has 2 N–H and O–H groups in total. The van der Waals surface area contributed by atoms with Crippen LogP contribution >= 0.6 is 0 Å². The SMILES string of the molecule is CNC(C)(C)C(CC1CCCCC1)C(=O)C1(CO)CO1. The average molecular weight is 283 g/mol. The van der Waals surface area contributed by atoms with Crippen molar-refractivity contribution in [1.82, 2.24) is 5.32 Å². The lowest BCUT2D eigenvalue weighted by Crippen LogP contribution is -2.52. The van der Waals surface area contributed by atoms with Crippen LogP contribution in [-0.4, -0.2) is 42.3 Å². The molecule has 1 saturated heterocycles. The summed E-state index contributed by atoms with van der Waals surface area (Å²) in [5.41, 5.74) is -1.16. The number of ether oxygens (including phenoxy) is 1. The van der Waals surface area contributed by atoms with Gasteiger partial charge in [0.2, 0.25) is 0 Å². The number of rotatable bonds is 7. The van der Waals surface area contributed by atoms with Crippen LogP contribution in [0.5, 0.6) is 0 Å². The monoisotopic (exact) mass is 283 g/mol. The zero-order valence-corrected chi connectivity index (χ0v) is 13.1. The van der Waals surface area contributed by atoms with Gasteiger partial charge < -0.3 is 15.2 Å². The van der Waals surface area contributed by atoms with Gasteiger partial charge in [0.05, 0.1) is 13.2 Å². The molecule has 2 fully saturated rings. The molecular weight excluding hydrogens is 254 g/mol. The topological polar surface area (TPSA) is 61.9 Å². The van der Waals surface area contributed by atoms with E-state index in [4.69, 9.17) is 4.74 Å². The first-order valence-corrected chi connectivity index (χ1v) is 7.93. The zero-order chi connectivity index (χ0) is 14.8. The highest BCUT2D eigenvalue weighted by Crippen LogP contribution is 2.39. The number of aliphatic hydroxyl groups is 1. The van der Waals surface area contributed by atoms with E-state index in [1.165, 1.54) is 32.1 Å². The first kappa shape index (κ1) is 15.9. The molecular formula is C16H29NO3. The van der Waals surface area contributed by atoms with Gasteiger partial charge in [0.1, 0.15) is 0 Å². The molecule has 4 nitrogen and oxygen atoms in total. The predicted octanol–water partition coefficient (Wildman–Crippen LogP) is 1.90. The van der Waals surface area contributed by atoms with Gasteiger partial charge in [-0.05, 0) is 33.2 Å². The molecule has 1 aliphatic carbocycles. The molecule has 2 rings (SSSR count). The Kier molecular flexibility index (Phi) is 4.88. The van der Waals surface area contributed by atoms with Crippen molar-refractivity contribution in [3.63, 3.8) is 0 Å². The highest BCUT2D eigenvalue weighted by Gasteiger charge is 2.56. The normalized spacial score (nSPS) is 29.2. The summed E-state index contributed by atoms with van der Waals surface area (Å²) in [6, 6.07) is 0. The van der Waals surface area contributed by atoms with Crippen LogP contribution in [0.1, 0.15) is 52.4 Å². The Hall–Kier alpha value is -0.450. The second-order valence-electron chi connectivity index (χ2n) is 7.07. The largest absolute Gasteiger partial charge is 0.393 e. The Morgan fingerprint density at radius 2 is 2.00 bits per heavy atom. The maximum atomic E-state index is 12.8. The van der Waals surface area contributed by atoms with E-state index in [-0.39, 0.29) is 23.8 Å². The smallest absolute Gasteiger partial charge is 0.174 e. The highest BCUT2D eigenvalue weighted by atomic mass is 16.6. The number of aliphatic hydroxyl groups excluding tert-OH is 1. The Morgan fingerprint density at radius 3 is 2.45 bits per heavy atom. The van der Waals surface area contributed by atoms with Gasteiger partial charge in [-0.2, -0.15) is 0 Å². The summed E-state index contributed by atoms with van der Waals surface area (Å²) in [6.07, 6.45) is 7.28. The number of carbonyl (C=O) groups is 1. The molecule has 116 valence electrons. The number of epoxide rings is 1. The average Bonchev–Trinajstić information content (AvgIpc) is 3.26. The summed E-state index contributed by atoms with van der Waals surface area (Å²) in [6.45, 7) is 4.34. The second kappa shape index (κ2) is 6.12. The summed E-state index contributed by atoms with van der Waals surface area (Å²) in [5, 5.41) is 12.7. The van der Waals surface area contributed by atoms with Gasteiger partial charge in [0, 0.05) is 11.5 Å². The number of nitrogens with one attached hydrogen (secondary N) is 1. The van der Waals surface area contributed by atoms with Crippen LogP contribution in [0.15, 0.2) is 0 Å². The molecule has 1 saturated carbocycles. The third-order valence-electron chi connectivity index (χ3n) is 5.32. The number of carbonyl (C=O) groups excluding carboxylic acids is 1. The fraction of sp³-hybridized carbons (Fsp3) is 0.938. The lowest BCUT2D eigenvalue weighted by Gasteiger charge is -2.37. The maximum absolute atomic E-state index is 12.8. The van der Waals surface area contributed by atoms with Crippen molar-refractivity contribution in [2.75, 3.05) is 20.3 Å². The quantitative estimate of drug-likeness (QED) is 0.701. The Balaban J connectivity index is 2.10. The van der Waals surface area contributed by atoms with Crippen molar-refractivity contribution in [3.8, 4) is 0 Å². The molecule has 0 radical (unpaired) electrons. The Bertz CT molecular complexity index is 344. The van der Waals surface area contributed by atoms with Crippen molar-refractivity contribution in [2.24, 2.45) is 11.8 Å². The van der Waals surface area contributed by atoms with Crippen molar-refractivity contribution in [1.29, 1.82) is 0 Å². The minimum atomic E-state index is -0.895. The Morgan fingerprint density at radius 1 is 1.40 bits per heavy atom. The lowest BCUT2D eigenvalue weighted by molar-refractivity contribution is -0.132. The van der Waals surface area contributed by atoms with E-state index in [1.54, 1.807) is 0 Å². The summed E-state index contributed by atoms with van der Waals surface area (Å²) in [5.74, 6) is 0.634. The van der Waals surface area contributed by atoms with Crippen LogP contribution in [0, 0.1) is 11.8 Å². The van der Waals surface area contributed by atoms with E-state index in [2.05, 4.69) is 19.2 Å². The number of ketones is 1. The summed E-state index contributed by atoms with van der Waals surface area (Å²) >= 11 is 0. The second-order valence-corrected chi connectivity index (χ2v) is 7.07. The van der Waals surface area contributed by atoms with E-state index in [1.807, 2.05) is 7.05 Å². The van der Waals surface area contributed by atoms with E-state index in [0.717, 1.165) is 6.42 Å². The molecule has 2 unspecified atom stereocenters. The van der Waals surface area contributed by atoms with E-state index >= 15 is 0 Å². The van der Waals surface area contributed by atoms with Crippen molar-refractivity contribution in [3.05, 3.63) is 0 Å². The summed E-state index contributed by atoms with van der Waals surface area (Å²) < 4.78 is 5.29. The molecule has 2 atom stereocenters. The van der Waals surface area contributed by atoms with E-state index in [0.29, 0.717) is 12.5 Å². The first-order valence-electron chi connectivity index (χ1n) is 7.93. The standard InChI is InChI=1S/C16H29NO3/c1-15(2,17-3)13(9-12-7-5-4-6-8-12)14(19)16(10-18)11-20-16/h12-13,17-18H,4-11H2,1-3H3. The molecule has 0 aromatic carbocycles. The molecule has 2 aliphatic rings. The van der Waals surface area contributed by atoms with Crippen LogP contribution in [0.2, 0.25) is 0 Å².